The summed E-state index contributed by atoms with van der Waals surface area (Å²) in [5, 5.41) is 1.98. The fourth-order valence-electron chi connectivity index (χ4n) is 2.01. The Balaban J connectivity index is 2.19. The first kappa shape index (κ1) is 12.7. The quantitative estimate of drug-likeness (QED) is 0.777. The van der Waals surface area contributed by atoms with Gasteiger partial charge in [-0.3, -0.25) is 0 Å². The van der Waals surface area contributed by atoms with Gasteiger partial charge in [0, 0.05) is 5.56 Å². The first-order valence-corrected chi connectivity index (χ1v) is 6.97. The fourth-order valence-corrected chi connectivity index (χ4v) is 2.74. The lowest BCUT2D eigenvalue weighted by atomic mass is 10.1. The number of halogens is 1. The van der Waals surface area contributed by atoms with E-state index < -0.39 is 0 Å². The Kier molecular flexibility index (Phi) is 3.20. The van der Waals surface area contributed by atoms with Gasteiger partial charge in [-0.2, -0.15) is 0 Å². The second-order valence-corrected chi connectivity index (χ2v) is 5.31. The van der Waals surface area contributed by atoms with Crippen LogP contribution in [0.3, 0.4) is 0 Å². The van der Waals surface area contributed by atoms with Gasteiger partial charge in [0.05, 0.1) is 16.3 Å². The van der Waals surface area contributed by atoms with Crippen LogP contribution < -0.4 is 5.73 Å². The Bertz CT molecular complexity index is 737. The first-order valence-electron chi connectivity index (χ1n) is 6.09. The predicted molar refractivity (Wildman–Crippen MR) is 79.9 cm³/mol. The highest BCUT2D eigenvalue weighted by molar-refractivity contribution is 7.13. The Morgan fingerprint density at radius 1 is 1.05 bits per heavy atom. The van der Waals surface area contributed by atoms with E-state index in [1.54, 1.807) is 23.5 Å². The van der Waals surface area contributed by atoms with Gasteiger partial charge in [0.2, 0.25) is 0 Å². The van der Waals surface area contributed by atoms with Crippen LogP contribution in [0.2, 0.25) is 0 Å². The van der Waals surface area contributed by atoms with E-state index >= 15 is 0 Å². The van der Waals surface area contributed by atoms with E-state index in [2.05, 4.69) is 9.97 Å². The average Bonchev–Trinajstić information content (AvgIpc) is 2.96. The van der Waals surface area contributed by atoms with Gasteiger partial charge in [-0.1, -0.05) is 6.07 Å². The highest BCUT2D eigenvalue weighted by Gasteiger charge is 2.14. The van der Waals surface area contributed by atoms with Gasteiger partial charge in [-0.05, 0) is 42.6 Å². The molecule has 0 radical (unpaired) electrons. The second-order valence-electron chi connectivity index (χ2n) is 4.37. The molecule has 1 aromatic carbocycles. The van der Waals surface area contributed by atoms with Crippen molar-refractivity contribution >= 4 is 17.0 Å². The zero-order valence-electron chi connectivity index (χ0n) is 10.8. The van der Waals surface area contributed by atoms with Crippen LogP contribution in [0.4, 0.5) is 10.1 Å². The zero-order chi connectivity index (χ0) is 14.1. The Morgan fingerprint density at radius 3 is 2.40 bits per heavy atom. The molecule has 100 valence electrons. The van der Waals surface area contributed by atoms with Gasteiger partial charge < -0.3 is 5.73 Å². The average molecular weight is 285 g/mol. The van der Waals surface area contributed by atoms with Crippen molar-refractivity contribution in [3.8, 4) is 21.8 Å². The molecule has 3 rings (SSSR count). The highest BCUT2D eigenvalue weighted by atomic mass is 32.1. The Labute approximate surface area is 119 Å². The van der Waals surface area contributed by atoms with Gasteiger partial charge in [0.15, 0.2) is 0 Å². The van der Waals surface area contributed by atoms with Crippen LogP contribution in [0.1, 0.15) is 5.82 Å². The Hall–Kier alpha value is -2.27. The molecule has 0 amide bonds. The topological polar surface area (TPSA) is 51.8 Å². The van der Waals surface area contributed by atoms with E-state index in [4.69, 9.17) is 5.73 Å². The highest BCUT2D eigenvalue weighted by Crippen LogP contribution is 2.34. The molecule has 2 heterocycles. The smallest absolute Gasteiger partial charge is 0.126 e. The third-order valence-corrected chi connectivity index (χ3v) is 3.81. The molecule has 0 aliphatic rings. The van der Waals surface area contributed by atoms with Crippen LogP contribution in [0.5, 0.6) is 0 Å². The van der Waals surface area contributed by atoms with Crippen molar-refractivity contribution < 1.29 is 4.39 Å². The molecule has 0 aliphatic heterocycles. The largest absolute Gasteiger partial charge is 0.395 e. The van der Waals surface area contributed by atoms with Crippen molar-refractivity contribution in [3.05, 3.63) is 53.4 Å². The first-order chi connectivity index (χ1) is 9.65. The van der Waals surface area contributed by atoms with Gasteiger partial charge >= 0.3 is 0 Å². The summed E-state index contributed by atoms with van der Waals surface area (Å²) in [4.78, 5) is 9.81. The van der Waals surface area contributed by atoms with Crippen molar-refractivity contribution in [2.75, 3.05) is 5.73 Å². The summed E-state index contributed by atoms with van der Waals surface area (Å²) >= 11 is 1.57. The number of nitrogen functional groups attached to an aromatic ring is 1. The van der Waals surface area contributed by atoms with E-state index in [1.807, 2.05) is 24.4 Å². The number of rotatable bonds is 2. The molecule has 0 atom stereocenters. The summed E-state index contributed by atoms with van der Waals surface area (Å²) in [7, 11) is 0. The van der Waals surface area contributed by atoms with E-state index in [0.29, 0.717) is 17.2 Å². The van der Waals surface area contributed by atoms with E-state index in [-0.39, 0.29) is 5.82 Å². The van der Waals surface area contributed by atoms with Crippen molar-refractivity contribution in [1.82, 2.24) is 9.97 Å². The number of aryl methyl sites for hydroxylation is 1. The summed E-state index contributed by atoms with van der Waals surface area (Å²) in [5.41, 5.74) is 8.87. The van der Waals surface area contributed by atoms with Crippen LogP contribution in [-0.2, 0) is 0 Å². The van der Waals surface area contributed by atoms with Gasteiger partial charge in [0.25, 0.3) is 0 Å². The summed E-state index contributed by atoms with van der Waals surface area (Å²) in [6.07, 6.45) is 0. The van der Waals surface area contributed by atoms with Crippen molar-refractivity contribution in [2.45, 2.75) is 6.92 Å². The van der Waals surface area contributed by atoms with E-state index in [1.165, 1.54) is 12.1 Å². The maximum Gasteiger partial charge on any atom is 0.126 e. The number of nitrogens with two attached hydrogens (primary N) is 1. The molecule has 3 nitrogen and oxygen atoms in total. The molecule has 3 aromatic rings. The number of nitrogens with zero attached hydrogens (tertiary/aromatic N) is 2. The second kappa shape index (κ2) is 5.02. The lowest BCUT2D eigenvalue weighted by Gasteiger charge is -2.10. The van der Waals surface area contributed by atoms with Crippen molar-refractivity contribution in [1.29, 1.82) is 0 Å². The van der Waals surface area contributed by atoms with E-state index in [0.717, 1.165) is 16.1 Å². The number of hydrogen-bond donors (Lipinski definition) is 1. The number of hydrogen-bond acceptors (Lipinski definition) is 4. The summed E-state index contributed by atoms with van der Waals surface area (Å²) in [5.74, 6) is 0.360. The molecule has 5 heteroatoms. The lowest BCUT2D eigenvalue weighted by molar-refractivity contribution is 0.628. The van der Waals surface area contributed by atoms with Gasteiger partial charge in [0.1, 0.15) is 17.3 Å². The minimum absolute atomic E-state index is 0.281. The van der Waals surface area contributed by atoms with Crippen LogP contribution in [0.15, 0.2) is 41.8 Å². The van der Waals surface area contributed by atoms with Crippen molar-refractivity contribution in [2.24, 2.45) is 0 Å². The van der Waals surface area contributed by atoms with Gasteiger partial charge in [-0.15, -0.1) is 11.3 Å². The fraction of sp³-hybridized carbons (Fsp3) is 0.0667. The molecule has 0 saturated carbocycles. The molecule has 2 aromatic heterocycles. The molecular formula is C15H12FN3S. The number of anilines is 1. The molecular weight excluding hydrogens is 273 g/mol. The standard InChI is InChI=1S/C15H12FN3S/c1-9-18-14(10-4-6-11(16)7-5-10)13(17)15(19-9)12-3-2-8-20-12/h2-8H,17H2,1H3. The molecule has 0 spiro atoms. The van der Waals surface area contributed by atoms with E-state index in [9.17, 15) is 4.39 Å². The monoisotopic (exact) mass is 285 g/mol. The molecule has 0 saturated heterocycles. The van der Waals surface area contributed by atoms with Crippen LogP contribution >= 0.6 is 11.3 Å². The molecule has 2 N–H and O–H groups in total. The zero-order valence-corrected chi connectivity index (χ0v) is 11.6. The summed E-state index contributed by atoms with van der Waals surface area (Å²) in [6.45, 7) is 1.82. The molecule has 0 bridgehead atoms. The predicted octanol–water partition coefficient (Wildman–Crippen LogP) is 3.90. The van der Waals surface area contributed by atoms with Crippen LogP contribution in [0, 0.1) is 12.7 Å². The number of aromatic nitrogens is 2. The number of benzene rings is 1. The molecule has 0 unspecified atom stereocenters. The van der Waals surface area contributed by atoms with Gasteiger partial charge in [-0.25, -0.2) is 14.4 Å². The lowest BCUT2D eigenvalue weighted by Crippen LogP contribution is -2.01. The minimum Gasteiger partial charge on any atom is -0.395 e. The maximum atomic E-state index is 13.0. The van der Waals surface area contributed by atoms with Crippen LogP contribution in [0.25, 0.3) is 21.8 Å². The third kappa shape index (κ3) is 2.28. The molecule has 0 fully saturated rings. The Morgan fingerprint density at radius 2 is 1.75 bits per heavy atom. The van der Waals surface area contributed by atoms with Crippen LogP contribution in [-0.4, -0.2) is 9.97 Å². The maximum absolute atomic E-state index is 13.0. The number of thiophene rings is 1. The van der Waals surface area contributed by atoms with Crippen molar-refractivity contribution in [3.63, 3.8) is 0 Å². The molecule has 20 heavy (non-hydrogen) atoms. The third-order valence-electron chi connectivity index (χ3n) is 2.93. The molecule has 0 aliphatic carbocycles. The SMILES string of the molecule is Cc1nc(-c2ccc(F)cc2)c(N)c(-c2cccs2)n1. The minimum atomic E-state index is -0.281. The summed E-state index contributed by atoms with van der Waals surface area (Å²) in [6, 6.07) is 10.1. The normalized spacial score (nSPS) is 10.7. The summed E-state index contributed by atoms with van der Waals surface area (Å²) < 4.78 is 13.0.